The number of hydrazine groups is 1. The lowest BCUT2D eigenvalue weighted by molar-refractivity contribution is 0.630. The quantitative estimate of drug-likeness (QED) is 0.462. The lowest BCUT2D eigenvalue weighted by Gasteiger charge is -2.04. The summed E-state index contributed by atoms with van der Waals surface area (Å²) in [7, 11) is 0. The Labute approximate surface area is 90.9 Å². The molecule has 1 atom stereocenters. The summed E-state index contributed by atoms with van der Waals surface area (Å²) in [5, 5.41) is 0.979. The molecule has 0 bridgehead atoms. The van der Waals surface area contributed by atoms with Crippen molar-refractivity contribution in [2.75, 3.05) is 0 Å². The van der Waals surface area contributed by atoms with Crippen LogP contribution in [0.2, 0.25) is 0 Å². The van der Waals surface area contributed by atoms with E-state index >= 15 is 0 Å². The highest BCUT2D eigenvalue weighted by atomic mass is 32.1. The van der Waals surface area contributed by atoms with Gasteiger partial charge >= 0.3 is 0 Å². The number of fused-ring (bicyclic) bond motifs is 1. The van der Waals surface area contributed by atoms with E-state index in [1.54, 1.807) is 6.07 Å². The van der Waals surface area contributed by atoms with E-state index in [1.807, 2.05) is 6.07 Å². The van der Waals surface area contributed by atoms with E-state index in [2.05, 4.69) is 11.3 Å². The predicted octanol–water partition coefficient (Wildman–Crippen LogP) is 2.18. The average molecular weight is 220 g/mol. The Morgan fingerprint density at radius 1 is 1.47 bits per heavy atom. The lowest BCUT2D eigenvalue weighted by Crippen LogP contribution is -2.25. The third-order valence-electron chi connectivity index (χ3n) is 2.12. The molecule has 15 heavy (non-hydrogen) atoms. The van der Waals surface area contributed by atoms with E-state index in [1.165, 1.54) is 23.5 Å². The van der Waals surface area contributed by atoms with Crippen molar-refractivity contribution in [1.29, 1.82) is 0 Å². The number of terminal acetylenes is 1. The zero-order chi connectivity index (χ0) is 10.8. The molecule has 3 N–H and O–H groups in total. The number of hydrogen-bond donors (Lipinski definition) is 2. The first-order chi connectivity index (χ1) is 7.24. The van der Waals surface area contributed by atoms with Crippen LogP contribution in [-0.2, 0) is 0 Å². The molecule has 0 amide bonds. The van der Waals surface area contributed by atoms with Crippen molar-refractivity contribution in [3.05, 3.63) is 35.0 Å². The summed E-state index contributed by atoms with van der Waals surface area (Å²) in [6, 6.07) is 6.26. The number of nitrogens with one attached hydrogen (secondary N) is 1. The van der Waals surface area contributed by atoms with Gasteiger partial charge in [-0.2, -0.15) is 0 Å². The minimum Gasteiger partial charge on any atom is -0.270 e. The van der Waals surface area contributed by atoms with Crippen molar-refractivity contribution in [3.63, 3.8) is 0 Å². The Kier molecular flexibility index (Phi) is 2.69. The van der Waals surface area contributed by atoms with Gasteiger partial charge in [0.25, 0.3) is 0 Å². The van der Waals surface area contributed by atoms with Gasteiger partial charge in [-0.15, -0.1) is 17.8 Å². The summed E-state index contributed by atoms with van der Waals surface area (Å²) in [6.45, 7) is 0. The van der Waals surface area contributed by atoms with Crippen molar-refractivity contribution < 1.29 is 4.39 Å². The maximum Gasteiger partial charge on any atom is 0.124 e. The number of thiophene rings is 1. The third-order valence-corrected chi connectivity index (χ3v) is 3.28. The second kappa shape index (κ2) is 3.99. The van der Waals surface area contributed by atoms with E-state index in [9.17, 15) is 4.39 Å². The van der Waals surface area contributed by atoms with Gasteiger partial charge in [0.1, 0.15) is 11.9 Å². The van der Waals surface area contributed by atoms with Crippen molar-refractivity contribution >= 4 is 21.4 Å². The van der Waals surface area contributed by atoms with Crippen LogP contribution < -0.4 is 11.3 Å². The van der Waals surface area contributed by atoms with Crippen molar-refractivity contribution in [2.45, 2.75) is 6.04 Å². The van der Waals surface area contributed by atoms with Gasteiger partial charge in [-0.25, -0.2) is 9.82 Å². The smallest absolute Gasteiger partial charge is 0.124 e. The molecule has 2 aromatic rings. The van der Waals surface area contributed by atoms with Gasteiger partial charge in [0.2, 0.25) is 0 Å². The molecule has 1 aromatic heterocycles. The SMILES string of the molecule is C#CC(NN)c1cc2ccc(F)cc2s1. The Morgan fingerprint density at radius 3 is 2.93 bits per heavy atom. The summed E-state index contributed by atoms with van der Waals surface area (Å²) < 4.78 is 13.8. The zero-order valence-electron chi connectivity index (χ0n) is 7.83. The molecule has 0 radical (unpaired) electrons. The second-order valence-corrected chi connectivity index (χ2v) is 4.21. The van der Waals surface area contributed by atoms with E-state index < -0.39 is 0 Å². The first-order valence-electron chi connectivity index (χ1n) is 4.36. The van der Waals surface area contributed by atoms with Crippen molar-refractivity contribution in [1.82, 2.24) is 5.43 Å². The van der Waals surface area contributed by atoms with Crippen LogP contribution in [-0.4, -0.2) is 0 Å². The maximum atomic E-state index is 12.9. The molecule has 0 aliphatic carbocycles. The topological polar surface area (TPSA) is 38.0 Å². The zero-order valence-corrected chi connectivity index (χ0v) is 8.64. The molecule has 1 aromatic carbocycles. The molecule has 0 saturated carbocycles. The van der Waals surface area contributed by atoms with Crippen LogP contribution in [0.4, 0.5) is 4.39 Å². The highest BCUT2D eigenvalue weighted by Gasteiger charge is 2.10. The highest BCUT2D eigenvalue weighted by Crippen LogP contribution is 2.29. The third kappa shape index (κ3) is 1.85. The van der Waals surface area contributed by atoms with Gasteiger partial charge in [-0.3, -0.25) is 5.84 Å². The number of hydrogen-bond acceptors (Lipinski definition) is 3. The Hall–Kier alpha value is -1.41. The van der Waals surface area contributed by atoms with E-state index in [0.717, 1.165) is 15.0 Å². The monoisotopic (exact) mass is 220 g/mol. The number of benzene rings is 1. The fourth-order valence-corrected chi connectivity index (χ4v) is 2.49. The molecule has 0 spiro atoms. The molecule has 1 unspecified atom stereocenters. The second-order valence-electron chi connectivity index (χ2n) is 3.10. The first kappa shape index (κ1) is 10.1. The van der Waals surface area contributed by atoms with Crippen LogP contribution in [0, 0.1) is 18.2 Å². The molecule has 2 nitrogen and oxygen atoms in total. The lowest BCUT2D eigenvalue weighted by atomic mass is 10.2. The Balaban J connectivity index is 2.52. The molecule has 4 heteroatoms. The van der Waals surface area contributed by atoms with E-state index in [0.29, 0.717) is 0 Å². The molecule has 0 aliphatic heterocycles. The largest absolute Gasteiger partial charge is 0.270 e. The minimum atomic E-state index is -0.314. The Morgan fingerprint density at radius 2 is 2.27 bits per heavy atom. The van der Waals surface area contributed by atoms with Crippen LogP contribution in [0.25, 0.3) is 10.1 Å². The van der Waals surface area contributed by atoms with Gasteiger partial charge in [-0.1, -0.05) is 12.0 Å². The van der Waals surface area contributed by atoms with E-state index in [-0.39, 0.29) is 11.9 Å². The van der Waals surface area contributed by atoms with Gasteiger partial charge in [-0.05, 0) is 23.6 Å². The van der Waals surface area contributed by atoms with Gasteiger partial charge < -0.3 is 0 Å². The van der Waals surface area contributed by atoms with Crippen LogP contribution >= 0.6 is 11.3 Å². The van der Waals surface area contributed by atoms with Crippen LogP contribution in [0.3, 0.4) is 0 Å². The summed E-state index contributed by atoms with van der Waals surface area (Å²) in [4.78, 5) is 0.917. The number of halogens is 1. The van der Waals surface area contributed by atoms with E-state index in [4.69, 9.17) is 12.3 Å². The van der Waals surface area contributed by atoms with Gasteiger partial charge in [0, 0.05) is 9.58 Å². The molecule has 2 rings (SSSR count). The first-order valence-corrected chi connectivity index (χ1v) is 5.17. The van der Waals surface area contributed by atoms with Crippen LogP contribution in [0.5, 0.6) is 0 Å². The summed E-state index contributed by atoms with van der Waals surface area (Å²) >= 11 is 1.44. The summed E-state index contributed by atoms with van der Waals surface area (Å²) in [5.41, 5.74) is 2.52. The van der Waals surface area contributed by atoms with Gasteiger partial charge in [0.15, 0.2) is 0 Å². The minimum absolute atomic E-state index is 0.242. The standard InChI is InChI=1S/C11H9FN2S/c1-2-9(14-13)11-5-7-3-4-8(12)6-10(7)15-11/h1,3-6,9,14H,13H2. The molecule has 0 fully saturated rings. The molecule has 0 saturated heterocycles. The summed E-state index contributed by atoms with van der Waals surface area (Å²) in [6.07, 6.45) is 5.31. The maximum absolute atomic E-state index is 12.9. The van der Waals surface area contributed by atoms with Gasteiger partial charge in [0.05, 0.1) is 0 Å². The fraction of sp³-hybridized carbons (Fsp3) is 0.0909. The average Bonchev–Trinajstić information content (AvgIpc) is 2.62. The predicted molar refractivity (Wildman–Crippen MR) is 60.7 cm³/mol. The molecule has 76 valence electrons. The molecule has 0 aliphatic rings. The van der Waals surface area contributed by atoms with Crippen LogP contribution in [0.1, 0.15) is 10.9 Å². The number of rotatable bonds is 2. The Bertz CT molecular complexity index is 527. The van der Waals surface area contributed by atoms with Crippen LogP contribution in [0.15, 0.2) is 24.3 Å². The fourth-order valence-electron chi connectivity index (χ4n) is 1.38. The normalized spacial score (nSPS) is 12.6. The molecular formula is C11H9FN2S. The van der Waals surface area contributed by atoms with Crippen molar-refractivity contribution in [2.24, 2.45) is 5.84 Å². The summed E-state index contributed by atoms with van der Waals surface area (Å²) in [5.74, 6) is 7.59. The van der Waals surface area contributed by atoms with Crippen molar-refractivity contribution in [3.8, 4) is 12.3 Å². The molecule has 1 heterocycles. The highest BCUT2D eigenvalue weighted by molar-refractivity contribution is 7.19. The number of nitrogens with two attached hydrogens (primary N) is 1. The molecular weight excluding hydrogens is 211 g/mol.